The van der Waals surface area contributed by atoms with Crippen LogP contribution in [0, 0.1) is 5.92 Å². The molecule has 6 heteroatoms. The second-order valence-electron chi connectivity index (χ2n) is 4.65. The molecule has 1 aromatic heterocycles. The summed E-state index contributed by atoms with van der Waals surface area (Å²) in [6.07, 6.45) is 6.67. The lowest BCUT2D eigenvalue weighted by atomic mass is 10.0. The van der Waals surface area contributed by atoms with Crippen molar-refractivity contribution >= 4 is 23.5 Å². The normalized spacial score (nSPS) is 15.9. The highest BCUT2D eigenvalue weighted by Gasteiger charge is 2.14. The van der Waals surface area contributed by atoms with Gasteiger partial charge in [-0.15, -0.1) is 0 Å². The maximum atomic E-state index is 5.85. The Balaban J connectivity index is 1.83. The second-order valence-corrected chi connectivity index (χ2v) is 4.99. The maximum absolute atomic E-state index is 5.85. The van der Waals surface area contributed by atoms with Gasteiger partial charge in [-0.2, -0.15) is 15.0 Å². The van der Waals surface area contributed by atoms with Gasteiger partial charge in [0.05, 0.1) is 0 Å². The first-order valence-electron chi connectivity index (χ1n) is 6.67. The maximum Gasteiger partial charge on any atom is 0.228 e. The lowest BCUT2D eigenvalue weighted by molar-refractivity contribution is 0.518. The molecular formula is C12H20ClN5. The van der Waals surface area contributed by atoms with E-state index >= 15 is 0 Å². The van der Waals surface area contributed by atoms with Gasteiger partial charge in [-0.05, 0) is 30.9 Å². The van der Waals surface area contributed by atoms with E-state index in [4.69, 9.17) is 11.6 Å². The summed E-state index contributed by atoms with van der Waals surface area (Å²) in [7, 11) is 0. The number of nitrogens with zero attached hydrogens (tertiary/aromatic N) is 3. The van der Waals surface area contributed by atoms with Crippen LogP contribution in [0.4, 0.5) is 11.9 Å². The summed E-state index contributed by atoms with van der Waals surface area (Å²) in [4.78, 5) is 12.3. The van der Waals surface area contributed by atoms with Gasteiger partial charge in [-0.3, -0.25) is 0 Å². The van der Waals surface area contributed by atoms with Crippen molar-refractivity contribution < 1.29 is 0 Å². The number of hydrogen-bond acceptors (Lipinski definition) is 5. The number of rotatable bonds is 6. The van der Waals surface area contributed by atoms with E-state index in [1.165, 1.54) is 32.1 Å². The third-order valence-corrected chi connectivity index (χ3v) is 3.42. The number of hydrogen-bond donors (Lipinski definition) is 2. The van der Waals surface area contributed by atoms with E-state index in [9.17, 15) is 0 Å². The Bertz CT molecular complexity index is 379. The van der Waals surface area contributed by atoms with Gasteiger partial charge < -0.3 is 10.6 Å². The second kappa shape index (κ2) is 6.73. The number of aromatic nitrogens is 3. The van der Waals surface area contributed by atoms with Crippen molar-refractivity contribution in [2.45, 2.75) is 39.0 Å². The Morgan fingerprint density at radius 3 is 2.44 bits per heavy atom. The highest BCUT2D eigenvalue weighted by molar-refractivity contribution is 6.28. The highest BCUT2D eigenvalue weighted by atomic mass is 35.5. The molecule has 18 heavy (non-hydrogen) atoms. The van der Waals surface area contributed by atoms with E-state index < -0.39 is 0 Å². The van der Waals surface area contributed by atoms with Crippen LogP contribution in [0.15, 0.2) is 0 Å². The van der Waals surface area contributed by atoms with Gasteiger partial charge in [-0.1, -0.05) is 25.7 Å². The van der Waals surface area contributed by atoms with Crippen LogP contribution in [-0.2, 0) is 0 Å². The molecular weight excluding hydrogens is 250 g/mol. The molecule has 1 aliphatic carbocycles. The molecule has 0 radical (unpaired) electrons. The van der Waals surface area contributed by atoms with Crippen molar-refractivity contribution in [3.8, 4) is 0 Å². The summed E-state index contributed by atoms with van der Waals surface area (Å²) in [5.74, 6) is 1.95. The van der Waals surface area contributed by atoms with Crippen molar-refractivity contribution in [1.82, 2.24) is 15.0 Å². The topological polar surface area (TPSA) is 62.7 Å². The lowest BCUT2D eigenvalue weighted by Crippen LogP contribution is -2.11. The standard InChI is InChI=1S/C12H20ClN5/c1-2-14-11-16-10(13)17-12(18-11)15-8-7-9-5-3-4-6-9/h9H,2-8H2,1H3,(H2,14,15,16,17,18). The summed E-state index contributed by atoms with van der Waals surface area (Å²) < 4.78 is 0. The molecule has 1 heterocycles. The van der Waals surface area contributed by atoms with E-state index in [2.05, 4.69) is 25.6 Å². The van der Waals surface area contributed by atoms with Gasteiger partial charge in [0.2, 0.25) is 17.2 Å². The van der Waals surface area contributed by atoms with Crippen molar-refractivity contribution in [3.05, 3.63) is 5.28 Å². The minimum atomic E-state index is 0.226. The van der Waals surface area contributed by atoms with Crippen LogP contribution in [0.1, 0.15) is 39.0 Å². The third kappa shape index (κ3) is 3.98. The molecule has 1 saturated carbocycles. The SMILES string of the molecule is CCNc1nc(Cl)nc(NCCC2CCCC2)n1. The third-order valence-electron chi connectivity index (χ3n) is 3.25. The van der Waals surface area contributed by atoms with Crippen molar-refractivity contribution in [2.24, 2.45) is 5.92 Å². The first kappa shape index (κ1) is 13.3. The van der Waals surface area contributed by atoms with E-state index in [0.29, 0.717) is 11.9 Å². The zero-order valence-corrected chi connectivity index (χ0v) is 11.5. The molecule has 1 fully saturated rings. The zero-order valence-electron chi connectivity index (χ0n) is 10.7. The first-order chi connectivity index (χ1) is 8.78. The number of nitrogens with one attached hydrogen (secondary N) is 2. The molecule has 0 unspecified atom stereocenters. The Morgan fingerprint density at radius 1 is 1.11 bits per heavy atom. The predicted octanol–water partition coefficient (Wildman–Crippen LogP) is 2.95. The van der Waals surface area contributed by atoms with Gasteiger partial charge >= 0.3 is 0 Å². The van der Waals surface area contributed by atoms with E-state index in [1.54, 1.807) is 0 Å². The monoisotopic (exact) mass is 269 g/mol. The molecule has 2 rings (SSSR count). The number of anilines is 2. The number of halogens is 1. The Labute approximate surface area is 113 Å². The molecule has 100 valence electrons. The average Bonchev–Trinajstić information content (AvgIpc) is 2.82. The molecule has 1 aliphatic rings. The van der Waals surface area contributed by atoms with E-state index in [0.717, 1.165) is 19.0 Å². The molecule has 0 atom stereocenters. The van der Waals surface area contributed by atoms with Crippen LogP contribution < -0.4 is 10.6 Å². The fraction of sp³-hybridized carbons (Fsp3) is 0.750. The van der Waals surface area contributed by atoms with Gasteiger partial charge in [0, 0.05) is 13.1 Å². The van der Waals surface area contributed by atoms with Crippen LogP contribution in [-0.4, -0.2) is 28.0 Å². The van der Waals surface area contributed by atoms with Gasteiger partial charge in [0.25, 0.3) is 0 Å². The summed E-state index contributed by atoms with van der Waals surface area (Å²) in [5, 5.41) is 6.48. The molecule has 5 nitrogen and oxygen atoms in total. The Morgan fingerprint density at radius 2 is 1.78 bits per heavy atom. The summed E-state index contributed by atoms with van der Waals surface area (Å²) in [6, 6.07) is 0. The molecule has 0 aliphatic heterocycles. The van der Waals surface area contributed by atoms with Gasteiger partial charge in [0.1, 0.15) is 0 Å². The predicted molar refractivity (Wildman–Crippen MR) is 74.1 cm³/mol. The van der Waals surface area contributed by atoms with Gasteiger partial charge in [-0.25, -0.2) is 0 Å². The largest absolute Gasteiger partial charge is 0.354 e. The molecule has 0 bridgehead atoms. The van der Waals surface area contributed by atoms with Gasteiger partial charge in [0.15, 0.2) is 0 Å². The van der Waals surface area contributed by atoms with Crippen molar-refractivity contribution in [3.63, 3.8) is 0 Å². The zero-order chi connectivity index (χ0) is 12.8. The fourth-order valence-electron chi connectivity index (χ4n) is 2.35. The summed E-state index contributed by atoms with van der Waals surface area (Å²) in [6.45, 7) is 3.66. The van der Waals surface area contributed by atoms with Crippen LogP contribution in [0.5, 0.6) is 0 Å². The molecule has 0 amide bonds. The quantitative estimate of drug-likeness (QED) is 0.831. The van der Waals surface area contributed by atoms with Crippen molar-refractivity contribution in [1.29, 1.82) is 0 Å². The highest BCUT2D eigenvalue weighted by Crippen LogP contribution is 2.27. The van der Waals surface area contributed by atoms with Crippen LogP contribution in [0.3, 0.4) is 0 Å². The van der Waals surface area contributed by atoms with E-state index in [-0.39, 0.29) is 5.28 Å². The summed E-state index contributed by atoms with van der Waals surface area (Å²) in [5.41, 5.74) is 0. The van der Waals surface area contributed by atoms with Crippen LogP contribution in [0.2, 0.25) is 5.28 Å². The molecule has 0 aromatic carbocycles. The summed E-state index contributed by atoms with van der Waals surface area (Å²) >= 11 is 5.85. The average molecular weight is 270 g/mol. The van der Waals surface area contributed by atoms with Crippen LogP contribution >= 0.6 is 11.6 Å². The Kier molecular flexibility index (Phi) is 4.99. The molecule has 2 N–H and O–H groups in total. The minimum Gasteiger partial charge on any atom is -0.354 e. The van der Waals surface area contributed by atoms with Crippen LogP contribution in [0.25, 0.3) is 0 Å². The fourth-order valence-corrected chi connectivity index (χ4v) is 2.51. The van der Waals surface area contributed by atoms with E-state index in [1.807, 2.05) is 6.92 Å². The first-order valence-corrected chi connectivity index (χ1v) is 7.05. The molecule has 0 saturated heterocycles. The lowest BCUT2D eigenvalue weighted by Gasteiger charge is -2.10. The minimum absolute atomic E-state index is 0.226. The molecule has 1 aromatic rings. The smallest absolute Gasteiger partial charge is 0.228 e. The van der Waals surface area contributed by atoms with Crippen molar-refractivity contribution in [2.75, 3.05) is 23.7 Å². The Hall–Kier alpha value is -1.10. The molecule has 0 spiro atoms.